The van der Waals surface area contributed by atoms with Gasteiger partial charge in [-0.25, -0.2) is 4.79 Å². The highest BCUT2D eigenvalue weighted by Crippen LogP contribution is 2.39. The third-order valence-electron chi connectivity index (χ3n) is 13.5. The molecule has 1 aliphatic heterocycles. The number of methoxy groups -OCH3 is 9. The molecule has 0 radical (unpaired) electrons. The number of aromatic amines is 1. The minimum atomic E-state index is -5.86. The van der Waals surface area contributed by atoms with Crippen molar-refractivity contribution in [1.29, 1.82) is 0 Å². The Morgan fingerprint density at radius 3 is 1.40 bits per heavy atom. The molecule has 1 atom stereocenters. The van der Waals surface area contributed by atoms with Crippen LogP contribution in [0.4, 0.5) is 18.0 Å². The van der Waals surface area contributed by atoms with E-state index in [2.05, 4.69) is 103 Å². The number of amides is 2. The summed E-state index contributed by atoms with van der Waals surface area (Å²) >= 11 is 5.98. The Labute approximate surface area is 547 Å². The summed E-state index contributed by atoms with van der Waals surface area (Å²) in [6.45, 7) is 19.3. The first-order valence-corrected chi connectivity index (χ1v) is 30.7. The molecule has 0 aliphatic carbocycles. The quantitative estimate of drug-likeness (QED) is 0.0408. The Balaban J connectivity index is 0.000000216. The van der Waals surface area contributed by atoms with Crippen molar-refractivity contribution in [2.45, 2.75) is 105 Å². The topological polar surface area (TPSA) is 316 Å². The molecule has 94 heavy (non-hydrogen) atoms. The number of pyridine rings is 2. The van der Waals surface area contributed by atoms with Crippen molar-refractivity contribution >= 4 is 55.3 Å². The maximum atomic E-state index is 12.4. The SMILES string of the molecule is COC1NC(=O)NC(c2cnc3ccccc3c2)=C1C(C)C.COc1nc(Cl)c(C(C)C)c(OC)n1.COc1nc(OC)c(C(C)C)c(-c2cnc3ccccc3c2)n1.COc1nc(OC)c(C(C)C)c(=O)[nH]1.COc1nc(OC)c(C(C)C)c(OS(=O)(=O)C(F)(F)F)n1. The molecule has 2 aromatic carbocycles. The molecule has 0 saturated carbocycles. The van der Waals surface area contributed by atoms with Crippen molar-refractivity contribution in [2.75, 3.05) is 64.0 Å². The largest absolute Gasteiger partial charge is 0.534 e. The lowest BCUT2D eigenvalue weighted by Crippen LogP contribution is -2.49. The normalized spacial score (nSPS) is 12.9. The van der Waals surface area contributed by atoms with E-state index in [9.17, 15) is 31.2 Å². The van der Waals surface area contributed by atoms with Gasteiger partial charge in [0, 0.05) is 52.5 Å². The van der Waals surface area contributed by atoms with E-state index in [1.807, 2.05) is 88.5 Å². The summed E-state index contributed by atoms with van der Waals surface area (Å²) in [5.41, 5.74) is 2.75. The molecule has 3 N–H and O–H groups in total. The average Bonchev–Trinajstić information content (AvgIpc) is 0.822. The molecule has 9 rings (SSSR count). The number of H-pyrrole nitrogens is 1. The third kappa shape index (κ3) is 18.9. The van der Waals surface area contributed by atoms with Gasteiger partial charge in [-0.15, -0.1) is 0 Å². The molecule has 7 heterocycles. The van der Waals surface area contributed by atoms with Gasteiger partial charge in [0.2, 0.25) is 29.4 Å². The van der Waals surface area contributed by atoms with Crippen LogP contribution >= 0.6 is 11.6 Å². The predicted octanol–water partition coefficient (Wildman–Crippen LogP) is 11.7. The number of carbonyl (C=O) groups excluding carboxylic acids is 1. The van der Waals surface area contributed by atoms with Crippen molar-refractivity contribution < 1.29 is 73.2 Å². The maximum Gasteiger partial charge on any atom is 0.534 e. The van der Waals surface area contributed by atoms with Gasteiger partial charge in [0.15, 0.2) is 6.23 Å². The van der Waals surface area contributed by atoms with E-state index in [1.165, 1.54) is 28.4 Å². The first-order chi connectivity index (χ1) is 44.5. The lowest BCUT2D eigenvalue weighted by Gasteiger charge is -2.31. The molecule has 31 heteroatoms. The lowest BCUT2D eigenvalue weighted by molar-refractivity contribution is -0.0502. The molecular formula is C63H78ClF3N12O14S. The van der Waals surface area contributed by atoms with Gasteiger partial charge >= 0.3 is 39.7 Å². The van der Waals surface area contributed by atoms with Crippen molar-refractivity contribution in [3.05, 3.63) is 122 Å². The van der Waals surface area contributed by atoms with E-state index in [0.717, 1.165) is 68.1 Å². The number of alkyl halides is 3. The number of ether oxygens (including phenoxy) is 9. The van der Waals surface area contributed by atoms with Crippen LogP contribution in [0.15, 0.2) is 83.4 Å². The summed E-state index contributed by atoms with van der Waals surface area (Å²) in [4.78, 5) is 63.1. The number of nitrogens with one attached hydrogen (secondary N) is 3. The standard InChI is InChI=1S/C18H19N3O2.C17H19N3O2.C10H13F3N2O5S.C9H13ClN2O2.C9H14N2O3/c1-11(2)15-16(20-18(23-4)21-17(15)22-3)13-9-12-7-5-6-8-14(12)19-10-13;1-10(2)14-15(19-17(21)20-16(14)22-3)12-8-11-6-4-5-7-13(11)18-9-12;1-5(2)6-7(18-3)14-9(19-4)15-8(6)20-21(16,17)10(11,12)13;1-5(2)6-7(10)11-9(14-4)12-8(6)13-3;1-5(2)6-7(12)10-9(14-4)11-8(6)13-3/h5-11H,1-4H3;4-10,16H,1-3H3,(H2,19,20,21);5H,1-4H3;5H,1-4H3;5H,1-4H3,(H,10,11,12). The van der Waals surface area contributed by atoms with Crippen LogP contribution < -0.4 is 58.3 Å². The molecule has 0 fully saturated rings. The van der Waals surface area contributed by atoms with Crippen LogP contribution in [-0.4, -0.2) is 140 Å². The fourth-order valence-electron chi connectivity index (χ4n) is 9.10. The van der Waals surface area contributed by atoms with Crippen molar-refractivity contribution in [1.82, 2.24) is 60.5 Å². The van der Waals surface area contributed by atoms with Crippen molar-refractivity contribution in [2.24, 2.45) is 5.92 Å². The molecule has 8 aromatic rings. The van der Waals surface area contributed by atoms with Crippen LogP contribution in [0.1, 0.15) is 121 Å². The zero-order chi connectivity index (χ0) is 69.9. The number of fused-ring (bicyclic) bond motifs is 2. The van der Waals surface area contributed by atoms with Gasteiger partial charge in [-0.1, -0.05) is 117 Å². The van der Waals surface area contributed by atoms with Gasteiger partial charge < -0.3 is 57.4 Å². The molecule has 2 amide bonds. The Bertz CT molecular complexity index is 4110. The lowest BCUT2D eigenvalue weighted by atomic mass is 9.94. The fraction of sp³-hybridized carbons (Fsp3) is 0.413. The van der Waals surface area contributed by atoms with E-state index in [4.69, 9.17) is 49.5 Å². The average molecular weight is 1350 g/mol. The second-order valence-corrected chi connectivity index (χ2v) is 23.4. The number of carbonyl (C=O) groups is 1. The summed E-state index contributed by atoms with van der Waals surface area (Å²) in [6.07, 6.45) is 3.20. The van der Waals surface area contributed by atoms with Gasteiger partial charge in [-0.2, -0.15) is 56.5 Å². The van der Waals surface area contributed by atoms with Gasteiger partial charge in [0.1, 0.15) is 5.15 Å². The van der Waals surface area contributed by atoms with Crippen LogP contribution in [0.2, 0.25) is 5.15 Å². The molecule has 26 nitrogen and oxygen atoms in total. The monoisotopic (exact) mass is 1350 g/mol. The second kappa shape index (κ2) is 33.9. The molecule has 0 bridgehead atoms. The number of aromatic nitrogens is 10. The number of halogens is 4. The van der Waals surface area contributed by atoms with E-state index in [1.54, 1.807) is 48.5 Å². The fourth-order valence-corrected chi connectivity index (χ4v) is 9.90. The Kier molecular flexibility index (Phi) is 27.2. The van der Waals surface area contributed by atoms with Crippen LogP contribution in [0.25, 0.3) is 38.8 Å². The summed E-state index contributed by atoms with van der Waals surface area (Å²) in [5, 5.41) is 8.17. The minimum Gasteiger partial charge on any atom is -0.481 e. The number of hydrogen-bond donors (Lipinski definition) is 3. The van der Waals surface area contributed by atoms with Crippen LogP contribution in [-0.2, 0) is 14.9 Å². The van der Waals surface area contributed by atoms with Crippen molar-refractivity contribution in [3.8, 4) is 64.7 Å². The number of hydrogen-bond acceptors (Lipinski definition) is 23. The highest BCUT2D eigenvalue weighted by atomic mass is 35.5. The van der Waals surface area contributed by atoms with Gasteiger partial charge in [-0.3, -0.25) is 19.7 Å². The first kappa shape index (κ1) is 75.3. The van der Waals surface area contributed by atoms with E-state index < -0.39 is 33.7 Å². The smallest absolute Gasteiger partial charge is 0.481 e. The van der Waals surface area contributed by atoms with Crippen LogP contribution in [0.5, 0.6) is 53.4 Å². The van der Waals surface area contributed by atoms with Gasteiger partial charge in [0.05, 0.1) is 96.0 Å². The van der Waals surface area contributed by atoms with E-state index in [-0.39, 0.29) is 70.7 Å². The molecular weight excluding hydrogens is 1270 g/mol. The minimum absolute atomic E-state index is 0.0221. The number of rotatable bonds is 18. The Hall–Kier alpha value is -9.42. The van der Waals surface area contributed by atoms with Crippen molar-refractivity contribution in [3.63, 3.8) is 0 Å². The Morgan fingerprint density at radius 1 is 0.511 bits per heavy atom. The summed E-state index contributed by atoms with van der Waals surface area (Å²) in [6, 6.07) is 20.1. The highest BCUT2D eigenvalue weighted by molar-refractivity contribution is 7.88. The molecule has 6 aromatic heterocycles. The summed E-state index contributed by atoms with van der Waals surface area (Å²) in [7, 11) is 7.21. The number of para-hydroxylation sites is 2. The first-order valence-electron chi connectivity index (χ1n) is 28.9. The zero-order valence-corrected chi connectivity index (χ0v) is 57.1. The summed E-state index contributed by atoms with van der Waals surface area (Å²) in [5.74, 6) is 0.652. The number of urea groups is 1. The number of benzene rings is 2. The van der Waals surface area contributed by atoms with Gasteiger partial charge in [0.25, 0.3) is 11.6 Å². The Morgan fingerprint density at radius 2 is 0.947 bits per heavy atom. The highest BCUT2D eigenvalue weighted by Gasteiger charge is 2.49. The van der Waals surface area contributed by atoms with Gasteiger partial charge in [-0.05, 0) is 53.9 Å². The van der Waals surface area contributed by atoms with E-state index >= 15 is 0 Å². The third-order valence-corrected chi connectivity index (χ3v) is 14.7. The molecule has 1 unspecified atom stereocenters. The second-order valence-electron chi connectivity index (χ2n) is 21.5. The molecule has 0 saturated heterocycles. The zero-order valence-electron chi connectivity index (χ0n) is 55.6. The molecule has 0 spiro atoms. The van der Waals surface area contributed by atoms with E-state index in [0.29, 0.717) is 28.4 Å². The maximum absolute atomic E-state index is 12.4. The molecule has 1 aliphatic rings. The van der Waals surface area contributed by atoms with Crippen LogP contribution in [0.3, 0.4) is 0 Å². The predicted molar refractivity (Wildman–Crippen MR) is 347 cm³/mol. The molecule has 508 valence electrons. The van der Waals surface area contributed by atoms with Crippen LogP contribution in [0, 0.1) is 5.92 Å². The number of nitrogens with zero attached hydrogens (tertiary/aromatic N) is 9. The summed E-state index contributed by atoms with van der Waals surface area (Å²) < 4.78 is 109.